The molecule has 1 N–H and O–H groups in total. The van der Waals surface area contributed by atoms with E-state index in [9.17, 15) is 14.4 Å². The predicted octanol–water partition coefficient (Wildman–Crippen LogP) is 3.62. The summed E-state index contributed by atoms with van der Waals surface area (Å²) in [5.74, 6) is -0.707. The van der Waals surface area contributed by atoms with Crippen molar-refractivity contribution in [1.82, 2.24) is 9.88 Å². The van der Waals surface area contributed by atoms with Crippen LogP contribution in [0.3, 0.4) is 0 Å². The van der Waals surface area contributed by atoms with Crippen LogP contribution in [-0.2, 0) is 14.4 Å². The summed E-state index contributed by atoms with van der Waals surface area (Å²) in [7, 11) is 0. The number of thiazole rings is 1. The summed E-state index contributed by atoms with van der Waals surface area (Å²) >= 11 is 1.60. The van der Waals surface area contributed by atoms with Gasteiger partial charge in [-0.05, 0) is 31.9 Å². The summed E-state index contributed by atoms with van der Waals surface area (Å²) < 4.78 is 0. The van der Waals surface area contributed by atoms with Crippen molar-refractivity contribution in [3.63, 3.8) is 0 Å². The van der Waals surface area contributed by atoms with Gasteiger partial charge in [0.2, 0.25) is 17.7 Å². The van der Waals surface area contributed by atoms with Crippen molar-refractivity contribution in [2.45, 2.75) is 39.0 Å². The summed E-state index contributed by atoms with van der Waals surface area (Å²) in [6.07, 6.45) is 3.71. The van der Waals surface area contributed by atoms with E-state index in [1.807, 2.05) is 36.6 Å². The van der Waals surface area contributed by atoms with Gasteiger partial charge in [-0.25, -0.2) is 4.98 Å². The highest BCUT2D eigenvalue weighted by Gasteiger charge is 2.47. The fraction of sp³-hybridized carbons (Fsp3) is 0.429. The molecule has 1 saturated heterocycles. The van der Waals surface area contributed by atoms with Crippen molar-refractivity contribution >= 4 is 34.7 Å². The number of nitrogens with one attached hydrogen (secondary N) is 1. The zero-order valence-electron chi connectivity index (χ0n) is 15.8. The average molecular weight is 398 g/mol. The molecule has 1 aromatic heterocycles. The molecule has 3 amide bonds. The van der Waals surface area contributed by atoms with Crippen LogP contribution in [0.15, 0.2) is 29.6 Å². The monoisotopic (exact) mass is 397 g/mol. The van der Waals surface area contributed by atoms with Crippen molar-refractivity contribution in [3.05, 3.63) is 34.7 Å². The maximum atomic E-state index is 12.5. The molecule has 0 spiro atoms. The number of carbonyl (C=O) groups excluding carboxylic acids is 3. The Bertz CT molecular complexity index is 882. The standard InChI is InChI=1S/C21H23N3O3S/c1-13-22-18(12-28-13)14-6-8-15(9-7-14)23-19(25)10-11-24-20(26)16-4-2-3-5-17(16)21(24)27/h6-9,12,16-17H,2-5,10-11H2,1H3,(H,23,25). The van der Waals surface area contributed by atoms with Gasteiger partial charge in [0.1, 0.15) is 0 Å². The van der Waals surface area contributed by atoms with Gasteiger partial charge >= 0.3 is 0 Å². The number of hydrogen-bond acceptors (Lipinski definition) is 5. The Labute approximate surface area is 168 Å². The van der Waals surface area contributed by atoms with Crippen LogP contribution in [0.2, 0.25) is 0 Å². The minimum atomic E-state index is -0.201. The number of aryl methyl sites for hydroxylation is 1. The van der Waals surface area contributed by atoms with Crippen LogP contribution in [0.5, 0.6) is 0 Å². The Hall–Kier alpha value is -2.54. The fourth-order valence-corrected chi connectivity index (χ4v) is 4.73. The molecule has 2 aliphatic rings. The van der Waals surface area contributed by atoms with E-state index < -0.39 is 0 Å². The highest BCUT2D eigenvalue weighted by atomic mass is 32.1. The topological polar surface area (TPSA) is 79.4 Å². The van der Waals surface area contributed by atoms with Crippen LogP contribution in [0.25, 0.3) is 11.3 Å². The molecule has 2 aromatic rings. The number of benzene rings is 1. The quantitative estimate of drug-likeness (QED) is 0.782. The van der Waals surface area contributed by atoms with Gasteiger partial charge in [-0.3, -0.25) is 19.3 Å². The van der Waals surface area contributed by atoms with Crippen molar-refractivity contribution < 1.29 is 14.4 Å². The van der Waals surface area contributed by atoms with Crippen LogP contribution in [0.4, 0.5) is 5.69 Å². The van der Waals surface area contributed by atoms with Crippen LogP contribution in [0, 0.1) is 18.8 Å². The summed E-state index contributed by atoms with van der Waals surface area (Å²) in [4.78, 5) is 43.0. The Morgan fingerprint density at radius 2 is 1.79 bits per heavy atom. The smallest absolute Gasteiger partial charge is 0.233 e. The van der Waals surface area contributed by atoms with Crippen molar-refractivity contribution in [2.75, 3.05) is 11.9 Å². The third-order valence-electron chi connectivity index (χ3n) is 5.58. The van der Waals surface area contributed by atoms with Crippen LogP contribution in [0.1, 0.15) is 37.1 Å². The molecule has 2 heterocycles. The lowest BCUT2D eigenvalue weighted by Crippen LogP contribution is -2.34. The van der Waals surface area contributed by atoms with Crippen molar-refractivity contribution in [1.29, 1.82) is 0 Å². The number of aromatic nitrogens is 1. The number of carbonyl (C=O) groups is 3. The van der Waals surface area contributed by atoms with Crippen molar-refractivity contribution in [3.8, 4) is 11.3 Å². The first-order valence-corrected chi connectivity index (χ1v) is 10.6. The van der Waals surface area contributed by atoms with Gasteiger partial charge in [0.25, 0.3) is 0 Å². The molecule has 1 aromatic carbocycles. The molecule has 7 heteroatoms. The molecule has 146 valence electrons. The van der Waals surface area contributed by atoms with Crippen LogP contribution >= 0.6 is 11.3 Å². The Kier molecular flexibility index (Phi) is 5.26. The van der Waals surface area contributed by atoms with Gasteiger partial charge < -0.3 is 5.32 Å². The number of fused-ring (bicyclic) bond motifs is 1. The van der Waals surface area contributed by atoms with Crippen LogP contribution < -0.4 is 5.32 Å². The molecule has 1 saturated carbocycles. The molecule has 0 radical (unpaired) electrons. The number of amides is 3. The third-order valence-corrected chi connectivity index (χ3v) is 6.35. The van der Waals surface area contributed by atoms with Gasteiger partial charge in [-0.15, -0.1) is 11.3 Å². The molecular formula is C21H23N3O3S. The summed E-state index contributed by atoms with van der Waals surface area (Å²) in [6.45, 7) is 2.13. The fourth-order valence-electron chi connectivity index (χ4n) is 4.11. The number of likely N-dealkylation sites (tertiary alicyclic amines) is 1. The van der Waals surface area contributed by atoms with E-state index in [4.69, 9.17) is 0 Å². The summed E-state index contributed by atoms with van der Waals surface area (Å²) in [5, 5.41) is 5.85. The highest BCUT2D eigenvalue weighted by molar-refractivity contribution is 7.09. The molecule has 28 heavy (non-hydrogen) atoms. The molecule has 0 bridgehead atoms. The average Bonchev–Trinajstić information content (AvgIpc) is 3.23. The second-order valence-corrected chi connectivity index (χ2v) is 8.52. The second-order valence-electron chi connectivity index (χ2n) is 7.45. The van der Waals surface area contributed by atoms with E-state index in [1.165, 1.54) is 4.90 Å². The van der Waals surface area contributed by atoms with Gasteiger partial charge in [0, 0.05) is 29.6 Å². The van der Waals surface area contributed by atoms with E-state index in [0.29, 0.717) is 5.69 Å². The Balaban J connectivity index is 1.32. The van der Waals surface area contributed by atoms with Gasteiger partial charge in [-0.2, -0.15) is 0 Å². The maximum absolute atomic E-state index is 12.5. The minimum Gasteiger partial charge on any atom is -0.326 e. The molecule has 4 rings (SSSR count). The van der Waals surface area contributed by atoms with E-state index in [0.717, 1.165) is 41.9 Å². The van der Waals surface area contributed by atoms with E-state index in [2.05, 4.69) is 10.3 Å². The normalized spacial score (nSPS) is 21.7. The van der Waals surface area contributed by atoms with Gasteiger partial charge in [-0.1, -0.05) is 25.0 Å². The lowest BCUT2D eigenvalue weighted by atomic mass is 9.81. The zero-order chi connectivity index (χ0) is 19.7. The SMILES string of the molecule is Cc1nc(-c2ccc(NC(=O)CCN3C(=O)C4CCCCC4C3=O)cc2)cs1. The summed E-state index contributed by atoms with van der Waals surface area (Å²) in [6, 6.07) is 7.51. The molecule has 2 atom stereocenters. The Morgan fingerprint density at radius 3 is 2.36 bits per heavy atom. The second kappa shape index (κ2) is 7.83. The lowest BCUT2D eigenvalue weighted by molar-refractivity contribution is -0.140. The molecule has 2 fully saturated rings. The van der Waals surface area contributed by atoms with E-state index in [1.54, 1.807) is 11.3 Å². The molecule has 1 aliphatic heterocycles. The van der Waals surface area contributed by atoms with Gasteiger partial charge in [0.15, 0.2) is 0 Å². The first-order chi connectivity index (χ1) is 13.5. The number of nitrogens with zero attached hydrogens (tertiary/aromatic N) is 2. The van der Waals surface area contributed by atoms with Gasteiger partial charge in [0.05, 0.1) is 22.5 Å². The van der Waals surface area contributed by atoms with Crippen LogP contribution in [-0.4, -0.2) is 34.2 Å². The lowest BCUT2D eigenvalue weighted by Gasteiger charge is -2.19. The Morgan fingerprint density at radius 1 is 1.14 bits per heavy atom. The zero-order valence-corrected chi connectivity index (χ0v) is 16.6. The molecule has 1 aliphatic carbocycles. The van der Waals surface area contributed by atoms with Crippen molar-refractivity contribution in [2.24, 2.45) is 11.8 Å². The number of rotatable bonds is 5. The number of imide groups is 1. The maximum Gasteiger partial charge on any atom is 0.233 e. The molecule has 2 unspecified atom stereocenters. The van der Waals surface area contributed by atoms with E-state index >= 15 is 0 Å². The largest absolute Gasteiger partial charge is 0.326 e. The number of anilines is 1. The minimum absolute atomic E-state index is 0.0922. The first-order valence-electron chi connectivity index (χ1n) is 9.70. The summed E-state index contributed by atoms with van der Waals surface area (Å²) in [5.41, 5.74) is 2.61. The molecule has 6 nitrogen and oxygen atoms in total. The predicted molar refractivity (Wildman–Crippen MR) is 108 cm³/mol. The molecular weight excluding hydrogens is 374 g/mol. The van der Waals surface area contributed by atoms with E-state index in [-0.39, 0.29) is 42.5 Å². The first kappa shape index (κ1) is 18.8. The third kappa shape index (κ3) is 3.71. The highest BCUT2D eigenvalue weighted by Crippen LogP contribution is 2.38. The number of hydrogen-bond donors (Lipinski definition) is 1.